The number of anilines is 3. The standard InChI is InChI=1S/C34H29ClN6O2/c1-4-43-32-14-9-24(19-37-32)28-20-41(3)31-18-26(12-13-27(28)31)38-33(42)23-6-5-21(2)30(17-23)40-34-36-16-15-29(39-34)22-7-10-25(35)11-8-22/h5-20H,4H2,1-3H3,(H,38,42)(H,36,39,40). The van der Waals surface area contributed by atoms with E-state index in [0.717, 1.165) is 44.5 Å². The molecule has 0 saturated heterocycles. The molecule has 214 valence electrons. The monoisotopic (exact) mass is 588 g/mol. The van der Waals surface area contributed by atoms with E-state index in [9.17, 15) is 4.79 Å². The molecular formula is C34H29ClN6O2. The first kappa shape index (κ1) is 27.9. The van der Waals surface area contributed by atoms with Crippen molar-refractivity contribution in [3.8, 4) is 28.3 Å². The molecule has 0 aliphatic carbocycles. The van der Waals surface area contributed by atoms with Gasteiger partial charge in [-0.05, 0) is 67.9 Å². The van der Waals surface area contributed by atoms with Crippen LogP contribution in [0.4, 0.5) is 17.3 Å². The normalized spacial score (nSPS) is 11.0. The molecule has 8 nitrogen and oxygen atoms in total. The van der Waals surface area contributed by atoms with Gasteiger partial charge in [0, 0.05) is 75.7 Å². The SMILES string of the molecule is CCOc1ccc(-c2cn(C)c3cc(NC(=O)c4ccc(C)c(Nc5nccc(-c6ccc(Cl)cc6)n5)c4)ccc23)cn1. The van der Waals surface area contributed by atoms with Gasteiger partial charge in [-0.15, -0.1) is 0 Å². The van der Waals surface area contributed by atoms with E-state index in [1.807, 2.05) is 98.4 Å². The maximum absolute atomic E-state index is 13.3. The van der Waals surface area contributed by atoms with Crippen molar-refractivity contribution in [2.24, 2.45) is 7.05 Å². The number of amides is 1. The van der Waals surface area contributed by atoms with Gasteiger partial charge in [0.15, 0.2) is 0 Å². The lowest BCUT2D eigenvalue weighted by molar-refractivity contribution is 0.102. The molecule has 9 heteroatoms. The van der Waals surface area contributed by atoms with Crippen molar-refractivity contribution >= 4 is 45.7 Å². The minimum absolute atomic E-state index is 0.219. The van der Waals surface area contributed by atoms with Crippen LogP contribution in [0.3, 0.4) is 0 Å². The number of hydrogen-bond acceptors (Lipinski definition) is 6. The number of hydrogen-bond donors (Lipinski definition) is 2. The van der Waals surface area contributed by atoms with E-state index in [4.69, 9.17) is 16.3 Å². The zero-order valence-corrected chi connectivity index (χ0v) is 24.7. The Hall–Kier alpha value is -5.21. The zero-order valence-electron chi connectivity index (χ0n) is 23.9. The van der Waals surface area contributed by atoms with Crippen LogP contribution in [0.25, 0.3) is 33.3 Å². The number of nitrogens with one attached hydrogen (secondary N) is 2. The van der Waals surface area contributed by atoms with Crippen LogP contribution >= 0.6 is 11.6 Å². The molecule has 0 aliphatic heterocycles. The lowest BCUT2D eigenvalue weighted by atomic mass is 10.1. The fraction of sp³-hybridized carbons (Fsp3) is 0.118. The number of carbonyl (C=O) groups is 1. The molecule has 6 aromatic rings. The van der Waals surface area contributed by atoms with Crippen LogP contribution < -0.4 is 15.4 Å². The number of halogens is 1. The highest BCUT2D eigenvalue weighted by Gasteiger charge is 2.14. The average Bonchev–Trinajstić information content (AvgIpc) is 3.34. The zero-order chi connectivity index (χ0) is 29.9. The number of ether oxygens (including phenoxy) is 1. The second-order valence-corrected chi connectivity index (χ2v) is 10.5. The smallest absolute Gasteiger partial charge is 0.255 e. The number of pyridine rings is 1. The highest BCUT2D eigenvalue weighted by molar-refractivity contribution is 6.30. The van der Waals surface area contributed by atoms with Crippen molar-refractivity contribution in [3.05, 3.63) is 114 Å². The summed E-state index contributed by atoms with van der Waals surface area (Å²) in [6, 6.07) is 24.6. The molecule has 3 aromatic heterocycles. The largest absolute Gasteiger partial charge is 0.478 e. The summed E-state index contributed by atoms with van der Waals surface area (Å²) in [6.45, 7) is 4.47. The fourth-order valence-corrected chi connectivity index (χ4v) is 5.01. The van der Waals surface area contributed by atoms with Crippen LogP contribution in [0.5, 0.6) is 5.88 Å². The number of carbonyl (C=O) groups excluding carboxylic acids is 1. The summed E-state index contributed by atoms with van der Waals surface area (Å²) >= 11 is 6.03. The molecule has 0 radical (unpaired) electrons. The van der Waals surface area contributed by atoms with Crippen LogP contribution in [-0.2, 0) is 7.05 Å². The number of nitrogens with zero attached hydrogens (tertiary/aromatic N) is 4. The first-order valence-electron chi connectivity index (χ1n) is 13.8. The van der Waals surface area contributed by atoms with Gasteiger partial charge in [0.1, 0.15) is 0 Å². The summed E-state index contributed by atoms with van der Waals surface area (Å²) in [5, 5.41) is 8.04. The van der Waals surface area contributed by atoms with Gasteiger partial charge in [-0.3, -0.25) is 4.79 Å². The summed E-state index contributed by atoms with van der Waals surface area (Å²) in [5.41, 5.74) is 7.64. The molecule has 0 aliphatic rings. The van der Waals surface area contributed by atoms with Gasteiger partial charge in [-0.1, -0.05) is 35.9 Å². The molecule has 0 unspecified atom stereocenters. The maximum atomic E-state index is 13.3. The summed E-state index contributed by atoms with van der Waals surface area (Å²) in [7, 11) is 1.99. The number of rotatable bonds is 8. The molecule has 0 fully saturated rings. The van der Waals surface area contributed by atoms with Crippen LogP contribution in [-0.4, -0.2) is 32.0 Å². The lowest BCUT2D eigenvalue weighted by Crippen LogP contribution is -2.12. The minimum atomic E-state index is -0.219. The Morgan fingerprint density at radius 3 is 2.53 bits per heavy atom. The van der Waals surface area contributed by atoms with Gasteiger partial charge in [0.05, 0.1) is 17.8 Å². The van der Waals surface area contributed by atoms with Crippen molar-refractivity contribution in [1.82, 2.24) is 19.5 Å². The first-order valence-corrected chi connectivity index (χ1v) is 14.2. The highest BCUT2D eigenvalue weighted by atomic mass is 35.5. The van der Waals surface area contributed by atoms with Crippen molar-refractivity contribution < 1.29 is 9.53 Å². The first-order chi connectivity index (χ1) is 20.9. The lowest BCUT2D eigenvalue weighted by Gasteiger charge is -2.12. The van der Waals surface area contributed by atoms with E-state index in [-0.39, 0.29) is 5.91 Å². The number of aromatic nitrogens is 4. The van der Waals surface area contributed by atoms with Gasteiger partial charge in [0.25, 0.3) is 5.91 Å². The average molecular weight is 589 g/mol. The fourth-order valence-electron chi connectivity index (χ4n) is 4.89. The Bertz CT molecular complexity index is 1930. The number of benzene rings is 3. The van der Waals surface area contributed by atoms with Crippen LogP contribution in [0.15, 0.2) is 97.5 Å². The van der Waals surface area contributed by atoms with E-state index in [1.165, 1.54) is 0 Å². The molecule has 0 spiro atoms. The Morgan fingerprint density at radius 2 is 1.77 bits per heavy atom. The van der Waals surface area contributed by atoms with Gasteiger partial charge < -0.3 is 19.9 Å². The van der Waals surface area contributed by atoms with Crippen molar-refractivity contribution in [2.75, 3.05) is 17.2 Å². The molecule has 0 saturated carbocycles. The summed E-state index contributed by atoms with van der Waals surface area (Å²) in [6.07, 6.45) is 5.58. The van der Waals surface area contributed by atoms with Crippen molar-refractivity contribution in [1.29, 1.82) is 0 Å². The van der Waals surface area contributed by atoms with Crippen LogP contribution in [0.1, 0.15) is 22.8 Å². The third-order valence-corrected chi connectivity index (χ3v) is 7.38. The predicted molar refractivity (Wildman–Crippen MR) is 172 cm³/mol. The summed E-state index contributed by atoms with van der Waals surface area (Å²) < 4.78 is 7.52. The van der Waals surface area contributed by atoms with E-state index in [1.54, 1.807) is 18.3 Å². The molecule has 0 atom stereocenters. The molecule has 3 aromatic carbocycles. The van der Waals surface area contributed by atoms with E-state index >= 15 is 0 Å². The Labute approximate surface area is 254 Å². The second kappa shape index (κ2) is 12.0. The van der Waals surface area contributed by atoms with Gasteiger partial charge >= 0.3 is 0 Å². The number of fused-ring (bicyclic) bond motifs is 1. The quantitative estimate of drug-likeness (QED) is 0.187. The van der Waals surface area contributed by atoms with Crippen molar-refractivity contribution in [2.45, 2.75) is 13.8 Å². The molecule has 3 heterocycles. The third-order valence-electron chi connectivity index (χ3n) is 7.13. The van der Waals surface area contributed by atoms with E-state index in [2.05, 4.69) is 31.8 Å². The molecule has 1 amide bonds. The van der Waals surface area contributed by atoms with E-state index in [0.29, 0.717) is 34.7 Å². The van der Waals surface area contributed by atoms with Gasteiger partial charge in [0.2, 0.25) is 11.8 Å². The van der Waals surface area contributed by atoms with Gasteiger partial charge in [-0.25, -0.2) is 15.0 Å². The molecule has 0 bridgehead atoms. The third kappa shape index (κ3) is 6.05. The van der Waals surface area contributed by atoms with Crippen molar-refractivity contribution in [3.63, 3.8) is 0 Å². The Balaban J connectivity index is 1.21. The summed E-state index contributed by atoms with van der Waals surface area (Å²) in [4.78, 5) is 26.7. The molecular weight excluding hydrogens is 560 g/mol. The maximum Gasteiger partial charge on any atom is 0.255 e. The summed E-state index contributed by atoms with van der Waals surface area (Å²) in [5.74, 6) is 0.814. The minimum Gasteiger partial charge on any atom is -0.478 e. The molecule has 43 heavy (non-hydrogen) atoms. The van der Waals surface area contributed by atoms with Crippen LogP contribution in [0.2, 0.25) is 5.02 Å². The Kier molecular flexibility index (Phi) is 7.77. The molecule has 2 N–H and O–H groups in total. The highest BCUT2D eigenvalue weighted by Crippen LogP contribution is 2.32. The topological polar surface area (TPSA) is 94.0 Å². The molecule has 6 rings (SSSR count). The Morgan fingerprint density at radius 1 is 0.953 bits per heavy atom. The number of aryl methyl sites for hydroxylation is 2. The van der Waals surface area contributed by atoms with Crippen LogP contribution in [0, 0.1) is 6.92 Å². The second-order valence-electron chi connectivity index (χ2n) is 10.1. The van der Waals surface area contributed by atoms with Gasteiger partial charge in [-0.2, -0.15) is 0 Å². The predicted octanol–water partition coefficient (Wildman–Crippen LogP) is 8.05. The van der Waals surface area contributed by atoms with E-state index < -0.39 is 0 Å².